The molecule has 1 aliphatic carbocycles. The molecule has 1 aliphatic heterocycles. The summed E-state index contributed by atoms with van der Waals surface area (Å²) in [6.07, 6.45) is 1.55. The number of likely N-dealkylation sites (tertiary alicyclic amines) is 1. The van der Waals surface area contributed by atoms with Gasteiger partial charge in [0.15, 0.2) is 9.84 Å². The third-order valence-electron chi connectivity index (χ3n) is 8.70. The summed E-state index contributed by atoms with van der Waals surface area (Å²) in [6.45, 7) is 1.80. The molecule has 4 atom stereocenters. The molecule has 42 heavy (non-hydrogen) atoms. The Morgan fingerprint density at radius 1 is 1.02 bits per heavy atom. The van der Waals surface area contributed by atoms with Gasteiger partial charge in [-0.2, -0.15) is 0 Å². The Hall–Kier alpha value is -2.94. The van der Waals surface area contributed by atoms with E-state index < -0.39 is 51.3 Å². The molecule has 1 heterocycles. The number of hydrogen-bond acceptors (Lipinski definition) is 4. The van der Waals surface area contributed by atoms with E-state index in [1.54, 1.807) is 30.0 Å². The lowest BCUT2D eigenvalue weighted by Gasteiger charge is -2.53. The Kier molecular flexibility index (Phi) is 8.70. The molecular weight excluding hydrogens is 600 g/mol. The summed E-state index contributed by atoms with van der Waals surface area (Å²) in [7, 11) is -4.02. The van der Waals surface area contributed by atoms with E-state index in [0.717, 1.165) is 30.0 Å². The second-order valence-corrected chi connectivity index (χ2v) is 14.3. The molecule has 222 valence electrons. The van der Waals surface area contributed by atoms with Crippen LogP contribution in [0.2, 0.25) is 10.0 Å². The van der Waals surface area contributed by atoms with Crippen LogP contribution >= 0.6 is 23.2 Å². The van der Waals surface area contributed by atoms with Crippen molar-refractivity contribution in [1.82, 2.24) is 4.90 Å². The average molecular weight is 633 g/mol. The molecule has 0 aromatic heterocycles. The van der Waals surface area contributed by atoms with Crippen molar-refractivity contribution in [1.29, 1.82) is 0 Å². The van der Waals surface area contributed by atoms with Gasteiger partial charge >= 0.3 is 5.97 Å². The molecule has 2 aliphatic rings. The van der Waals surface area contributed by atoms with Crippen molar-refractivity contribution >= 4 is 44.9 Å². The summed E-state index contributed by atoms with van der Waals surface area (Å²) in [5.74, 6) is -3.05. The van der Waals surface area contributed by atoms with Gasteiger partial charge in [0.05, 0.1) is 28.5 Å². The number of carbonyl (C=O) groups excluding carboxylic acids is 1. The molecule has 1 saturated heterocycles. The van der Waals surface area contributed by atoms with Gasteiger partial charge in [-0.05, 0) is 85.2 Å². The highest BCUT2D eigenvalue weighted by Gasteiger charge is 2.56. The fraction of sp³-hybridized carbons (Fsp3) is 0.375. The monoisotopic (exact) mass is 631 g/mol. The van der Waals surface area contributed by atoms with Crippen LogP contribution in [0.4, 0.5) is 4.39 Å². The number of carbonyl (C=O) groups is 2. The Morgan fingerprint density at radius 3 is 2.31 bits per heavy atom. The Morgan fingerprint density at radius 2 is 1.71 bits per heavy atom. The van der Waals surface area contributed by atoms with E-state index in [2.05, 4.69) is 0 Å². The molecule has 3 aromatic rings. The van der Waals surface area contributed by atoms with Crippen LogP contribution in [-0.2, 0) is 19.4 Å². The number of amides is 1. The summed E-state index contributed by atoms with van der Waals surface area (Å²) < 4.78 is 41.5. The number of piperidine rings is 1. The van der Waals surface area contributed by atoms with Gasteiger partial charge in [-0.25, -0.2) is 12.8 Å². The van der Waals surface area contributed by atoms with Crippen molar-refractivity contribution in [3.05, 3.63) is 99.8 Å². The molecule has 1 amide bonds. The number of nitrogens with zero attached hydrogens (tertiary/aromatic N) is 1. The normalized spacial score (nSPS) is 23.5. The first-order chi connectivity index (χ1) is 19.9. The van der Waals surface area contributed by atoms with Gasteiger partial charge in [-0.3, -0.25) is 9.59 Å². The van der Waals surface area contributed by atoms with E-state index in [0.29, 0.717) is 10.0 Å². The first-order valence-electron chi connectivity index (χ1n) is 14.0. The summed E-state index contributed by atoms with van der Waals surface area (Å²) >= 11 is 12.7. The maximum atomic E-state index is 14.7. The van der Waals surface area contributed by atoms with E-state index in [1.807, 2.05) is 30.3 Å². The van der Waals surface area contributed by atoms with Crippen molar-refractivity contribution in [3.8, 4) is 0 Å². The zero-order valence-corrected chi connectivity index (χ0v) is 25.4. The Labute approximate surface area is 255 Å². The molecule has 0 radical (unpaired) electrons. The zero-order chi connectivity index (χ0) is 30.2. The van der Waals surface area contributed by atoms with E-state index >= 15 is 0 Å². The van der Waals surface area contributed by atoms with Crippen LogP contribution in [0.25, 0.3) is 0 Å². The van der Waals surface area contributed by atoms with Crippen molar-refractivity contribution < 1.29 is 27.5 Å². The summed E-state index contributed by atoms with van der Waals surface area (Å²) in [5, 5.41) is 11.0. The lowest BCUT2D eigenvalue weighted by molar-refractivity contribution is -0.162. The van der Waals surface area contributed by atoms with Crippen LogP contribution < -0.4 is 0 Å². The summed E-state index contributed by atoms with van der Waals surface area (Å²) in [6, 6.07) is 17.9. The van der Waals surface area contributed by atoms with Crippen LogP contribution in [0.1, 0.15) is 62.1 Å². The zero-order valence-electron chi connectivity index (χ0n) is 23.0. The first-order valence-corrected chi connectivity index (χ1v) is 16.4. The van der Waals surface area contributed by atoms with E-state index in [1.165, 1.54) is 18.2 Å². The van der Waals surface area contributed by atoms with Gasteiger partial charge in [0.1, 0.15) is 5.82 Å². The molecule has 1 unspecified atom stereocenters. The molecular formula is C32H32Cl2FNO5S. The third kappa shape index (κ3) is 6.21. The first kappa shape index (κ1) is 30.5. The van der Waals surface area contributed by atoms with Gasteiger partial charge in [-0.1, -0.05) is 60.5 Å². The van der Waals surface area contributed by atoms with E-state index in [9.17, 15) is 27.5 Å². The molecule has 3 aromatic carbocycles. The fourth-order valence-electron chi connectivity index (χ4n) is 6.42. The van der Waals surface area contributed by atoms with Gasteiger partial charge in [0, 0.05) is 22.0 Å². The largest absolute Gasteiger partial charge is 0.481 e. The van der Waals surface area contributed by atoms with Crippen LogP contribution in [-0.4, -0.2) is 42.1 Å². The predicted octanol–water partition coefficient (Wildman–Crippen LogP) is 7.31. The highest BCUT2D eigenvalue weighted by molar-refractivity contribution is 7.91. The Balaban J connectivity index is 1.71. The number of sulfone groups is 1. The Bertz CT molecular complexity index is 1590. The smallest absolute Gasteiger partial charge is 0.304 e. The number of aliphatic carboxylic acids is 1. The van der Waals surface area contributed by atoms with Crippen LogP contribution in [0.3, 0.4) is 0 Å². The number of hydrogen-bond donors (Lipinski definition) is 1. The van der Waals surface area contributed by atoms with Gasteiger partial charge in [-0.15, -0.1) is 0 Å². The number of halogens is 3. The summed E-state index contributed by atoms with van der Waals surface area (Å²) in [5.41, 5.74) is 0.314. The third-order valence-corrected chi connectivity index (χ3v) is 10.9. The molecule has 0 bridgehead atoms. The highest BCUT2D eigenvalue weighted by Crippen LogP contribution is 2.55. The SMILES string of the molecule is CC[C@]1(CC(=O)O)C[C@H](c2cccc(Cl)c2)[C@@H](c2ccc(Cl)cc2)N(C(CS(=O)(=O)c2cccc(F)c2)C2CC2)C1=O. The molecule has 2 fully saturated rings. The number of carboxylic acid groups (broad SMARTS) is 1. The van der Waals surface area contributed by atoms with E-state index in [4.69, 9.17) is 23.2 Å². The average Bonchev–Trinajstić information content (AvgIpc) is 3.79. The van der Waals surface area contributed by atoms with Gasteiger partial charge in [0.2, 0.25) is 5.91 Å². The van der Waals surface area contributed by atoms with Crippen molar-refractivity contribution in [2.75, 3.05) is 5.75 Å². The van der Waals surface area contributed by atoms with Crippen LogP contribution in [0.5, 0.6) is 0 Å². The van der Waals surface area contributed by atoms with Crippen molar-refractivity contribution in [2.45, 2.75) is 61.9 Å². The number of carboxylic acids is 1. The second-order valence-electron chi connectivity index (χ2n) is 11.4. The van der Waals surface area contributed by atoms with Crippen LogP contribution in [0, 0.1) is 17.2 Å². The molecule has 1 saturated carbocycles. The minimum atomic E-state index is -4.02. The van der Waals surface area contributed by atoms with Crippen molar-refractivity contribution in [3.63, 3.8) is 0 Å². The molecule has 5 rings (SSSR count). The number of benzene rings is 3. The molecule has 1 N–H and O–H groups in total. The van der Waals surface area contributed by atoms with Gasteiger partial charge < -0.3 is 10.0 Å². The predicted molar refractivity (Wildman–Crippen MR) is 160 cm³/mol. The fourth-order valence-corrected chi connectivity index (χ4v) is 8.40. The van der Waals surface area contributed by atoms with Crippen LogP contribution in [0.15, 0.2) is 77.7 Å². The standard InChI is InChI=1S/C32H32Cl2FNO5S/c1-2-32(18-29(37)38)17-27(22-5-3-6-24(34)15-22)30(21-11-13-23(33)14-12-21)36(31(32)39)28(20-9-10-20)19-42(40,41)26-8-4-7-25(35)16-26/h3-8,11-16,20,27-28,30H,2,9-10,17-19H2,1H3,(H,37,38)/t27-,28?,30-,32-/m1/s1. The molecule has 6 nitrogen and oxygen atoms in total. The van der Waals surface area contributed by atoms with E-state index in [-0.39, 0.29) is 35.5 Å². The minimum absolute atomic E-state index is 0.107. The lowest BCUT2D eigenvalue weighted by atomic mass is 9.65. The van der Waals surface area contributed by atoms with Gasteiger partial charge in [0.25, 0.3) is 0 Å². The highest BCUT2D eigenvalue weighted by atomic mass is 35.5. The lowest BCUT2D eigenvalue weighted by Crippen LogP contribution is -2.58. The minimum Gasteiger partial charge on any atom is -0.481 e. The number of rotatable bonds is 10. The van der Waals surface area contributed by atoms with Crippen molar-refractivity contribution in [2.24, 2.45) is 11.3 Å². The quantitative estimate of drug-likeness (QED) is 0.253. The molecule has 0 spiro atoms. The molecule has 10 heteroatoms. The maximum Gasteiger partial charge on any atom is 0.304 e. The second kappa shape index (κ2) is 12.0. The summed E-state index contributed by atoms with van der Waals surface area (Å²) in [4.78, 5) is 28.4. The maximum absolute atomic E-state index is 14.7. The topological polar surface area (TPSA) is 91.8 Å².